The third-order valence-electron chi connectivity index (χ3n) is 4.36. The Labute approximate surface area is 162 Å². The van der Waals surface area contributed by atoms with Crippen LogP contribution in [0.5, 0.6) is 0 Å². The van der Waals surface area contributed by atoms with Crippen molar-refractivity contribution < 1.29 is 9.53 Å². The molecule has 2 aromatic heterocycles. The minimum Gasteiger partial charge on any atom is -0.465 e. The molecule has 1 N–H and O–H groups in total. The van der Waals surface area contributed by atoms with Gasteiger partial charge in [0.05, 0.1) is 6.61 Å². The number of nitrogens with zero attached hydrogens (tertiary/aromatic N) is 3. The summed E-state index contributed by atoms with van der Waals surface area (Å²) in [7, 11) is 1.57. The fourth-order valence-electron chi connectivity index (χ4n) is 2.85. The highest BCUT2D eigenvalue weighted by atomic mass is 32.2. The number of rotatable bonds is 10. The van der Waals surface area contributed by atoms with Crippen molar-refractivity contribution in [2.75, 3.05) is 6.61 Å². The Morgan fingerprint density at radius 2 is 1.93 bits per heavy atom. The molecule has 2 aromatic rings. The molecular formula is C18H28N4O4S. The highest BCUT2D eigenvalue weighted by molar-refractivity contribution is 8.00. The van der Waals surface area contributed by atoms with Gasteiger partial charge >= 0.3 is 11.7 Å². The highest BCUT2D eigenvalue weighted by Crippen LogP contribution is 2.26. The van der Waals surface area contributed by atoms with Crippen molar-refractivity contribution in [1.29, 1.82) is 0 Å². The molecule has 2 rings (SSSR count). The number of unbranched alkanes of at least 4 members (excludes halogenated alkanes) is 4. The summed E-state index contributed by atoms with van der Waals surface area (Å²) in [5, 5.41) is 0.0875. The Morgan fingerprint density at radius 3 is 2.59 bits per heavy atom. The molecule has 2 heterocycles. The topological polar surface area (TPSA) is 99.0 Å². The normalized spacial score (nSPS) is 12.4. The molecule has 0 saturated heterocycles. The number of imidazole rings is 1. The Balaban J connectivity index is 2.38. The summed E-state index contributed by atoms with van der Waals surface area (Å²) in [6.07, 6.45) is 5.43. The number of nitrogens with one attached hydrogen (secondary N) is 1. The highest BCUT2D eigenvalue weighted by Gasteiger charge is 2.22. The minimum atomic E-state index is -0.505. The van der Waals surface area contributed by atoms with Crippen LogP contribution < -0.4 is 11.2 Å². The lowest BCUT2D eigenvalue weighted by atomic mass is 10.1. The smallest absolute Gasteiger partial charge is 0.329 e. The van der Waals surface area contributed by atoms with Crippen molar-refractivity contribution >= 4 is 28.9 Å². The lowest BCUT2D eigenvalue weighted by molar-refractivity contribution is -0.142. The van der Waals surface area contributed by atoms with Crippen molar-refractivity contribution in [3.63, 3.8) is 0 Å². The van der Waals surface area contributed by atoms with Crippen LogP contribution in [0.3, 0.4) is 0 Å². The third kappa shape index (κ3) is 5.03. The molecule has 0 saturated carbocycles. The summed E-state index contributed by atoms with van der Waals surface area (Å²) in [5.74, 6) is -0.327. The monoisotopic (exact) mass is 396 g/mol. The van der Waals surface area contributed by atoms with Crippen LogP contribution in [0.25, 0.3) is 11.2 Å². The Kier molecular flexibility index (Phi) is 7.70. The Bertz CT molecular complexity index is 899. The predicted molar refractivity (Wildman–Crippen MR) is 106 cm³/mol. The first kappa shape index (κ1) is 21.3. The number of aryl methyl sites for hydroxylation is 2. The molecule has 0 radical (unpaired) electrons. The molecule has 0 fully saturated rings. The maximum atomic E-state index is 12.4. The van der Waals surface area contributed by atoms with E-state index in [1.807, 2.05) is 4.57 Å². The number of carbonyl (C=O) groups is 1. The fraction of sp³-hybridized carbons (Fsp3) is 0.667. The first-order valence-electron chi connectivity index (χ1n) is 9.43. The molecule has 1 atom stereocenters. The van der Waals surface area contributed by atoms with Gasteiger partial charge in [-0.15, -0.1) is 0 Å². The fourth-order valence-corrected chi connectivity index (χ4v) is 3.78. The third-order valence-corrected chi connectivity index (χ3v) is 5.43. The van der Waals surface area contributed by atoms with Crippen molar-refractivity contribution in [1.82, 2.24) is 19.1 Å². The number of H-pyrrole nitrogens is 1. The Morgan fingerprint density at radius 1 is 1.22 bits per heavy atom. The largest absolute Gasteiger partial charge is 0.465 e. The van der Waals surface area contributed by atoms with E-state index in [4.69, 9.17) is 4.74 Å². The molecule has 0 bridgehead atoms. The number of hydrogen-bond acceptors (Lipinski definition) is 6. The van der Waals surface area contributed by atoms with Crippen LogP contribution in [-0.2, 0) is 23.1 Å². The van der Waals surface area contributed by atoms with Gasteiger partial charge in [-0.3, -0.25) is 19.1 Å². The van der Waals surface area contributed by atoms with Gasteiger partial charge < -0.3 is 9.30 Å². The molecule has 150 valence electrons. The number of fused-ring (bicyclic) bond motifs is 1. The molecule has 9 heteroatoms. The number of hydrogen-bond donors (Lipinski definition) is 1. The van der Waals surface area contributed by atoms with Gasteiger partial charge in [0.2, 0.25) is 0 Å². The van der Waals surface area contributed by atoms with E-state index in [2.05, 4.69) is 16.9 Å². The predicted octanol–water partition coefficient (Wildman–Crippen LogP) is 2.44. The van der Waals surface area contributed by atoms with Gasteiger partial charge in [-0.25, -0.2) is 9.78 Å². The lowest BCUT2D eigenvalue weighted by Crippen LogP contribution is -2.29. The number of aromatic nitrogens is 4. The zero-order valence-electron chi connectivity index (χ0n) is 16.4. The molecule has 0 aliphatic carbocycles. The van der Waals surface area contributed by atoms with Crippen LogP contribution in [0.2, 0.25) is 0 Å². The molecule has 8 nitrogen and oxygen atoms in total. The summed E-state index contributed by atoms with van der Waals surface area (Å²) in [6.45, 7) is 6.59. The van der Waals surface area contributed by atoms with Gasteiger partial charge in [-0.05, 0) is 20.3 Å². The van der Waals surface area contributed by atoms with E-state index in [1.165, 1.54) is 22.7 Å². The standard InChI is InChI=1S/C18H28N4O4S/c1-5-7-8-9-10-11-22-13-14(21(4)17(25)20-15(13)23)19-18(22)27-12(3)16(24)26-6-2/h12H,5-11H2,1-4H3,(H,20,23,25). The van der Waals surface area contributed by atoms with Gasteiger partial charge in [-0.1, -0.05) is 44.4 Å². The van der Waals surface area contributed by atoms with E-state index >= 15 is 0 Å². The van der Waals surface area contributed by atoms with Crippen LogP contribution >= 0.6 is 11.8 Å². The molecule has 27 heavy (non-hydrogen) atoms. The van der Waals surface area contributed by atoms with E-state index < -0.39 is 16.5 Å². The summed E-state index contributed by atoms with van der Waals surface area (Å²) in [5.41, 5.74) is -0.262. The second kappa shape index (κ2) is 9.77. The summed E-state index contributed by atoms with van der Waals surface area (Å²) in [4.78, 5) is 43.1. The minimum absolute atomic E-state index is 0.311. The molecule has 0 aromatic carbocycles. The molecular weight excluding hydrogens is 368 g/mol. The van der Waals surface area contributed by atoms with E-state index in [1.54, 1.807) is 20.9 Å². The van der Waals surface area contributed by atoms with Crippen LogP contribution in [-0.4, -0.2) is 36.9 Å². The lowest BCUT2D eigenvalue weighted by Gasteiger charge is -2.12. The van der Waals surface area contributed by atoms with Gasteiger partial charge in [0.15, 0.2) is 16.3 Å². The van der Waals surface area contributed by atoms with E-state index in [-0.39, 0.29) is 5.97 Å². The summed E-state index contributed by atoms with van der Waals surface area (Å²) < 4.78 is 8.20. The second-order valence-electron chi connectivity index (χ2n) is 6.46. The zero-order valence-corrected chi connectivity index (χ0v) is 17.2. The van der Waals surface area contributed by atoms with Gasteiger partial charge in [-0.2, -0.15) is 0 Å². The number of thioether (sulfide) groups is 1. The second-order valence-corrected chi connectivity index (χ2v) is 7.77. The van der Waals surface area contributed by atoms with Crippen LogP contribution in [0.15, 0.2) is 14.7 Å². The van der Waals surface area contributed by atoms with E-state index in [0.717, 1.165) is 25.7 Å². The van der Waals surface area contributed by atoms with Crippen molar-refractivity contribution in [3.8, 4) is 0 Å². The number of aromatic amines is 1. The van der Waals surface area contributed by atoms with Crippen LogP contribution in [0.4, 0.5) is 0 Å². The van der Waals surface area contributed by atoms with Gasteiger partial charge in [0.1, 0.15) is 5.25 Å². The number of carbonyl (C=O) groups excluding carboxylic acids is 1. The summed E-state index contributed by atoms with van der Waals surface area (Å²) >= 11 is 1.24. The maximum Gasteiger partial charge on any atom is 0.329 e. The van der Waals surface area contributed by atoms with Crippen molar-refractivity contribution in [2.24, 2.45) is 7.05 Å². The van der Waals surface area contributed by atoms with Crippen molar-refractivity contribution in [2.45, 2.75) is 69.8 Å². The van der Waals surface area contributed by atoms with Gasteiger partial charge in [0, 0.05) is 13.6 Å². The quantitative estimate of drug-likeness (QED) is 0.376. The molecule has 0 spiro atoms. The molecule has 0 aliphatic rings. The molecule has 1 unspecified atom stereocenters. The van der Waals surface area contributed by atoms with E-state index in [0.29, 0.717) is 29.5 Å². The molecule has 0 aliphatic heterocycles. The average Bonchev–Trinajstić information content (AvgIpc) is 2.98. The first-order valence-corrected chi connectivity index (χ1v) is 10.3. The Hall–Kier alpha value is -2.03. The van der Waals surface area contributed by atoms with Crippen LogP contribution in [0.1, 0.15) is 52.9 Å². The SMILES string of the molecule is CCCCCCCn1c(SC(C)C(=O)OCC)nc2c1c(=O)[nH]c(=O)n2C. The first-order chi connectivity index (χ1) is 12.9. The van der Waals surface area contributed by atoms with Crippen LogP contribution in [0, 0.1) is 0 Å². The number of ether oxygens (including phenoxy) is 1. The average molecular weight is 397 g/mol. The maximum absolute atomic E-state index is 12.4. The van der Waals surface area contributed by atoms with Gasteiger partial charge in [0.25, 0.3) is 5.56 Å². The summed E-state index contributed by atoms with van der Waals surface area (Å²) in [6, 6.07) is 0. The number of esters is 1. The van der Waals surface area contributed by atoms with E-state index in [9.17, 15) is 14.4 Å². The van der Waals surface area contributed by atoms with Crippen molar-refractivity contribution in [3.05, 3.63) is 20.8 Å². The zero-order chi connectivity index (χ0) is 20.0. The molecule has 0 amide bonds.